The van der Waals surface area contributed by atoms with Crippen molar-refractivity contribution >= 4 is 22.4 Å². The molecule has 3 heterocycles. The Labute approximate surface area is 117 Å². The molecule has 104 valence electrons. The van der Waals surface area contributed by atoms with Crippen molar-refractivity contribution in [1.29, 1.82) is 0 Å². The minimum absolute atomic E-state index is 0.295. The summed E-state index contributed by atoms with van der Waals surface area (Å²) in [6.45, 7) is 5.58. The largest absolute Gasteiger partial charge is 0.465 e. The standard InChI is InChI=1S/C13H19N3O2S/c1-9-7-15-5-3-4-10(15)8-16(9)13-14-6-11(19-13)12(17)18-2/h6,9-10H,3-5,7-8H2,1-2H3. The number of hydrogen-bond donors (Lipinski definition) is 0. The third-order valence-electron chi connectivity index (χ3n) is 4.06. The molecule has 2 unspecified atom stereocenters. The van der Waals surface area contributed by atoms with Gasteiger partial charge in [0, 0.05) is 25.2 Å². The second kappa shape index (κ2) is 5.09. The van der Waals surface area contributed by atoms with Crippen LogP contribution in [0.15, 0.2) is 6.20 Å². The topological polar surface area (TPSA) is 45.7 Å². The van der Waals surface area contributed by atoms with Gasteiger partial charge in [-0.05, 0) is 26.3 Å². The van der Waals surface area contributed by atoms with Crippen LogP contribution in [0.4, 0.5) is 5.13 Å². The van der Waals surface area contributed by atoms with Crippen LogP contribution in [0.1, 0.15) is 29.4 Å². The number of esters is 1. The highest BCUT2D eigenvalue weighted by molar-refractivity contribution is 7.17. The molecule has 2 saturated heterocycles. The van der Waals surface area contributed by atoms with Crippen LogP contribution < -0.4 is 4.90 Å². The van der Waals surface area contributed by atoms with Crippen molar-refractivity contribution in [2.24, 2.45) is 0 Å². The van der Waals surface area contributed by atoms with Gasteiger partial charge in [0.15, 0.2) is 5.13 Å². The zero-order chi connectivity index (χ0) is 13.4. The van der Waals surface area contributed by atoms with E-state index >= 15 is 0 Å². The van der Waals surface area contributed by atoms with E-state index in [2.05, 4.69) is 21.7 Å². The van der Waals surface area contributed by atoms with Gasteiger partial charge >= 0.3 is 5.97 Å². The van der Waals surface area contributed by atoms with E-state index < -0.39 is 0 Å². The Morgan fingerprint density at radius 2 is 2.37 bits per heavy atom. The van der Waals surface area contributed by atoms with Crippen molar-refractivity contribution in [3.63, 3.8) is 0 Å². The maximum Gasteiger partial charge on any atom is 0.349 e. The predicted molar refractivity (Wildman–Crippen MR) is 74.9 cm³/mol. The van der Waals surface area contributed by atoms with Gasteiger partial charge < -0.3 is 9.64 Å². The third-order valence-corrected chi connectivity index (χ3v) is 5.08. The van der Waals surface area contributed by atoms with Crippen LogP contribution in [0.5, 0.6) is 0 Å². The number of rotatable bonds is 2. The second-order valence-electron chi connectivity index (χ2n) is 5.29. The van der Waals surface area contributed by atoms with Crippen molar-refractivity contribution in [3.05, 3.63) is 11.1 Å². The maximum absolute atomic E-state index is 11.5. The first-order chi connectivity index (χ1) is 9.19. The number of hydrogen-bond acceptors (Lipinski definition) is 6. The smallest absolute Gasteiger partial charge is 0.349 e. The lowest BCUT2D eigenvalue weighted by Gasteiger charge is -2.42. The summed E-state index contributed by atoms with van der Waals surface area (Å²) in [7, 11) is 1.40. The summed E-state index contributed by atoms with van der Waals surface area (Å²) in [6.07, 6.45) is 4.20. The molecule has 1 aromatic heterocycles. The highest BCUT2D eigenvalue weighted by atomic mass is 32.1. The number of aromatic nitrogens is 1. The van der Waals surface area contributed by atoms with E-state index in [9.17, 15) is 4.79 Å². The predicted octanol–water partition coefficient (Wildman–Crippen LogP) is 1.60. The Bertz CT molecular complexity index is 476. The van der Waals surface area contributed by atoms with Crippen LogP contribution >= 0.6 is 11.3 Å². The minimum atomic E-state index is -0.295. The van der Waals surface area contributed by atoms with Gasteiger partial charge in [-0.3, -0.25) is 4.90 Å². The molecule has 2 aliphatic rings. The summed E-state index contributed by atoms with van der Waals surface area (Å²) in [5, 5.41) is 0.944. The molecule has 3 rings (SSSR count). The van der Waals surface area contributed by atoms with Crippen LogP contribution in [0.2, 0.25) is 0 Å². The summed E-state index contributed by atoms with van der Waals surface area (Å²) in [4.78, 5) is 21.4. The van der Waals surface area contributed by atoms with Gasteiger partial charge in [-0.25, -0.2) is 9.78 Å². The third kappa shape index (κ3) is 2.34. The van der Waals surface area contributed by atoms with Crippen molar-refractivity contribution in [3.8, 4) is 0 Å². The lowest BCUT2D eigenvalue weighted by Crippen LogP contribution is -2.55. The fraction of sp³-hybridized carbons (Fsp3) is 0.692. The van der Waals surface area contributed by atoms with Crippen LogP contribution in [0.3, 0.4) is 0 Å². The number of methoxy groups -OCH3 is 1. The number of anilines is 1. The summed E-state index contributed by atoms with van der Waals surface area (Å²) in [6, 6.07) is 1.10. The summed E-state index contributed by atoms with van der Waals surface area (Å²) >= 11 is 1.43. The summed E-state index contributed by atoms with van der Waals surface area (Å²) in [5.74, 6) is -0.295. The van der Waals surface area contributed by atoms with Crippen LogP contribution in [0.25, 0.3) is 0 Å². The highest BCUT2D eigenvalue weighted by Crippen LogP contribution is 2.31. The van der Waals surface area contributed by atoms with Crippen LogP contribution in [0, 0.1) is 0 Å². The van der Waals surface area contributed by atoms with Crippen molar-refractivity contribution in [1.82, 2.24) is 9.88 Å². The fourth-order valence-corrected chi connectivity index (χ4v) is 3.99. The lowest BCUT2D eigenvalue weighted by molar-refractivity contribution is 0.0606. The number of nitrogens with zero attached hydrogens (tertiary/aromatic N) is 3. The van der Waals surface area contributed by atoms with Gasteiger partial charge in [0.1, 0.15) is 4.88 Å². The highest BCUT2D eigenvalue weighted by Gasteiger charge is 2.35. The zero-order valence-electron chi connectivity index (χ0n) is 11.3. The van der Waals surface area contributed by atoms with E-state index in [0.29, 0.717) is 17.0 Å². The van der Waals surface area contributed by atoms with Crippen molar-refractivity contribution in [2.75, 3.05) is 31.6 Å². The molecule has 0 N–H and O–H groups in total. The Balaban J connectivity index is 1.77. The number of carbonyl (C=O) groups is 1. The maximum atomic E-state index is 11.5. The first kappa shape index (κ1) is 12.9. The van der Waals surface area contributed by atoms with Gasteiger partial charge in [-0.2, -0.15) is 0 Å². The quantitative estimate of drug-likeness (QED) is 0.771. The number of ether oxygens (including phenoxy) is 1. The Morgan fingerprint density at radius 1 is 1.53 bits per heavy atom. The minimum Gasteiger partial charge on any atom is -0.465 e. The molecule has 0 amide bonds. The Kier molecular flexibility index (Phi) is 3.45. The average Bonchev–Trinajstić information content (AvgIpc) is 3.04. The van der Waals surface area contributed by atoms with E-state index in [1.807, 2.05) is 0 Å². The van der Waals surface area contributed by atoms with E-state index in [4.69, 9.17) is 4.74 Å². The Morgan fingerprint density at radius 3 is 3.16 bits per heavy atom. The monoisotopic (exact) mass is 281 g/mol. The molecule has 1 aromatic rings. The van der Waals surface area contributed by atoms with E-state index in [1.165, 1.54) is 37.8 Å². The molecule has 0 aromatic carbocycles. The fourth-order valence-electron chi connectivity index (χ4n) is 3.05. The second-order valence-corrected chi connectivity index (χ2v) is 6.30. The molecule has 2 fully saturated rings. The van der Waals surface area contributed by atoms with Gasteiger partial charge in [0.25, 0.3) is 0 Å². The number of carbonyl (C=O) groups excluding carboxylic acids is 1. The van der Waals surface area contributed by atoms with Gasteiger partial charge in [0.05, 0.1) is 13.3 Å². The van der Waals surface area contributed by atoms with Crippen LogP contribution in [-0.2, 0) is 4.74 Å². The number of piperazine rings is 1. The first-order valence-corrected chi connectivity index (χ1v) is 7.55. The molecule has 0 spiro atoms. The molecule has 6 heteroatoms. The first-order valence-electron chi connectivity index (χ1n) is 6.74. The molecule has 19 heavy (non-hydrogen) atoms. The molecular weight excluding hydrogens is 262 g/mol. The molecule has 0 radical (unpaired) electrons. The van der Waals surface area contributed by atoms with Crippen molar-refractivity contribution < 1.29 is 9.53 Å². The normalized spacial score (nSPS) is 27.4. The SMILES string of the molecule is COC(=O)c1cnc(N2CC3CCCN3CC2C)s1. The lowest BCUT2D eigenvalue weighted by atomic mass is 10.1. The van der Waals surface area contributed by atoms with Crippen LogP contribution in [-0.4, -0.2) is 54.7 Å². The zero-order valence-corrected chi connectivity index (χ0v) is 12.2. The molecule has 0 aliphatic carbocycles. The molecule has 0 bridgehead atoms. The van der Waals surface area contributed by atoms with Gasteiger partial charge in [-0.1, -0.05) is 11.3 Å². The molecule has 2 aliphatic heterocycles. The van der Waals surface area contributed by atoms with E-state index in [0.717, 1.165) is 18.2 Å². The Hall–Kier alpha value is -1.14. The molecule has 0 saturated carbocycles. The summed E-state index contributed by atoms with van der Waals surface area (Å²) in [5.41, 5.74) is 0. The number of fused-ring (bicyclic) bond motifs is 1. The number of thiazole rings is 1. The average molecular weight is 281 g/mol. The molecule has 2 atom stereocenters. The van der Waals surface area contributed by atoms with Gasteiger partial charge in [0.2, 0.25) is 0 Å². The van der Waals surface area contributed by atoms with Gasteiger partial charge in [-0.15, -0.1) is 0 Å². The van der Waals surface area contributed by atoms with E-state index in [-0.39, 0.29) is 5.97 Å². The van der Waals surface area contributed by atoms with E-state index in [1.54, 1.807) is 6.20 Å². The molecular formula is C13H19N3O2S. The summed E-state index contributed by atoms with van der Waals surface area (Å²) < 4.78 is 4.74. The van der Waals surface area contributed by atoms with Crippen molar-refractivity contribution in [2.45, 2.75) is 31.8 Å². The molecule has 5 nitrogen and oxygen atoms in total.